The molecule has 1 aromatic rings. The molecule has 0 aliphatic carbocycles. The molecule has 0 amide bonds. The van der Waals surface area contributed by atoms with Crippen LogP contribution in [0.4, 0.5) is 0 Å². The Labute approximate surface area is 170 Å². The van der Waals surface area contributed by atoms with E-state index in [9.17, 15) is 0 Å². The van der Waals surface area contributed by atoms with Crippen molar-refractivity contribution >= 4 is 29.9 Å². The van der Waals surface area contributed by atoms with Crippen molar-refractivity contribution in [2.75, 3.05) is 32.7 Å². The van der Waals surface area contributed by atoms with Gasteiger partial charge in [0, 0.05) is 44.5 Å². The predicted octanol–water partition coefficient (Wildman–Crippen LogP) is 2.79. The van der Waals surface area contributed by atoms with Gasteiger partial charge in [0.25, 0.3) is 0 Å². The van der Waals surface area contributed by atoms with Crippen LogP contribution in [-0.4, -0.2) is 59.4 Å². The predicted molar refractivity (Wildman–Crippen MR) is 118 cm³/mol. The van der Waals surface area contributed by atoms with Crippen LogP contribution in [-0.2, 0) is 6.54 Å². The van der Waals surface area contributed by atoms with Crippen LogP contribution >= 0.6 is 24.0 Å². The summed E-state index contributed by atoms with van der Waals surface area (Å²) in [5.74, 6) is 0.908. The van der Waals surface area contributed by atoms with Gasteiger partial charge in [0.1, 0.15) is 0 Å². The van der Waals surface area contributed by atoms with Gasteiger partial charge < -0.3 is 10.6 Å². The smallest absolute Gasteiger partial charge is 0.191 e. The van der Waals surface area contributed by atoms with Crippen LogP contribution in [0.3, 0.4) is 0 Å². The Morgan fingerprint density at radius 2 is 2.00 bits per heavy atom. The molecule has 7 heteroatoms. The Morgan fingerprint density at radius 3 is 2.52 bits per heavy atom. The number of guanidine groups is 1. The van der Waals surface area contributed by atoms with E-state index in [1.54, 1.807) is 0 Å². The van der Waals surface area contributed by atoms with E-state index in [2.05, 4.69) is 71.0 Å². The molecule has 0 aromatic carbocycles. The molecule has 0 bridgehead atoms. The number of aryl methyl sites for hydroxylation is 3. The summed E-state index contributed by atoms with van der Waals surface area (Å²) < 4.78 is 2.06. The summed E-state index contributed by atoms with van der Waals surface area (Å²) in [5, 5.41) is 11.2. The largest absolute Gasteiger partial charge is 0.357 e. The van der Waals surface area contributed by atoms with Gasteiger partial charge in [-0.25, -0.2) is 0 Å². The maximum Gasteiger partial charge on any atom is 0.191 e. The third-order valence-electron chi connectivity index (χ3n) is 4.07. The van der Waals surface area contributed by atoms with E-state index in [0.29, 0.717) is 6.04 Å². The Kier molecular flexibility index (Phi) is 12.9. The second kappa shape index (κ2) is 13.4. The van der Waals surface area contributed by atoms with Gasteiger partial charge in [-0.1, -0.05) is 6.92 Å². The summed E-state index contributed by atoms with van der Waals surface area (Å²) in [6.07, 6.45) is 0.992. The summed E-state index contributed by atoms with van der Waals surface area (Å²) in [7, 11) is 0. The average molecular weight is 464 g/mol. The van der Waals surface area contributed by atoms with E-state index >= 15 is 0 Å². The maximum atomic E-state index is 4.67. The van der Waals surface area contributed by atoms with E-state index in [0.717, 1.165) is 57.3 Å². The van der Waals surface area contributed by atoms with Crippen LogP contribution in [0.15, 0.2) is 11.1 Å². The number of nitrogens with one attached hydrogen (secondary N) is 2. The first-order chi connectivity index (χ1) is 11.5. The van der Waals surface area contributed by atoms with Gasteiger partial charge in [0.15, 0.2) is 5.96 Å². The molecular formula is C18H37IN6. The van der Waals surface area contributed by atoms with Crippen LogP contribution in [0.2, 0.25) is 0 Å². The molecule has 0 aliphatic heterocycles. The first-order valence-corrected chi connectivity index (χ1v) is 9.25. The fourth-order valence-corrected chi connectivity index (χ4v) is 2.75. The lowest BCUT2D eigenvalue weighted by Gasteiger charge is -2.25. The van der Waals surface area contributed by atoms with Gasteiger partial charge in [-0.15, -0.1) is 24.0 Å². The first kappa shape index (κ1) is 24.2. The van der Waals surface area contributed by atoms with Crippen LogP contribution in [0.25, 0.3) is 0 Å². The lowest BCUT2D eigenvalue weighted by molar-refractivity contribution is 0.237. The van der Waals surface area contributed by atoms with E-state index in [-0.39, 0.29) is 24.0 Å². The topological polar surface area (TPSA) is 57.5 Å². The fourth-order valence-electron chi connectivity index (χ4n) is 2.75. The lowest BCUT2D eigenvalue weighted by atomic mass is 10.3. The van der Waals surface area contributed by atoms with Gasteiger partial charge in [-0.2, -0.15) is 5.10 Å². The Balaban J connectivity index is 0.00000576. The average Bonchev–Trinajstić information content (AvgIpc) is 2.85. The molecule has 1 heterocycles. The quantitative estimate of drug-likeness (QED) is 0.242. The minimum Gasteiger partial charge on any atom is -0.357 e. The van der Waals surface area contributed by atoms with Gasteiger partial charge in [-0.3, -0.25) is 14.6 Å². The zero-order valence-electron chi connectivity index (χ0n) is 16.8. The molecule has 0 saturated carbocycles. The monoisotopic (exact) mass is 464 g/mol. The molecule has 146 valence electrons. The molecule has 0 saturated heterocycles. The summed E-state index contributed by atoms with van der Waals surface area (Å²) in [6.45, 7) is 18.5. The molecule has 6 nitrogen and oxygen atoms in total. The third-order valence-corrected chi connectivity index (χ3v) is 4.07. The first-order valence-electron chi connectivity index (χ1n) is 9.25. The van der Waals surface area contributed by atoms with E-state index in [4.69, 9.17) is 0 Å². The normalized spacial score (nSPS) is 11.8. The second-order valence-corrected chi connectivity index (χ2v) is 6.41. The number of likely N-dealkylation sites (N-methyl/N-ethyl adjacent to an activating group) is 1. The molecule has 0 spiro atoms. The Bertz CT molecular complexity index is 498. The highest BCUT2D eigenvalue weighted by atomic mass is 127. The highest BCUT2D eigenvalue weighted by Crippen LogP contribution is 2.02. The molecule has 0 aliphatic rings. The minimum atomic E-state index is 0. The summed E-state index contributed by atoms with van der Waals surface area (Å²) in [5.41, 5.74) is 2.30. The van der Waals surface area contributed by atoms with Gasteiger partial charge in [0.05, 0.1) is 5.69 Å². The van der Waals surface area contributed by atoms with E-state index < -0.39 is 0 Å². The SMILES string of the molecule is CCNC(=NCCCn1nc(C)cc1C)NCCN(CC)C(C)C.I. The summed E-state index contributed by atoms with van der Waals surface area (Å²) in [6, 6.07) is 2.69. The number of rotatable bonds is 10. The molecule has 0 atom stereocenters. The number of halogens is 1. The summed E-state index contributed by atoms with van der Waals surface area (Å²) >= 11 is 0. The van der Waals surface area contributed by atoms with Crippen molar-refractivity contribution in [3.05, 3.63) is 17.5 Å². The Hall–Kier alpha value is -0.830. The van der Waals surface area contributed by atoms with Crippen molar-refractivity contribution in [2.24, 2.45) is 4.99 Å². The third kappa shape index (κ3) is 9.44. The number of nitrogens with zero attached hydrogens (tertiary/aromatic N) is 4. The number of hydrogen-bond acceptors (Lipinski definition) is 3. The van der Waals surface area contributed by atoms with E-state index in [1.165, 1.54) is 5.69 Å². The van der Waals surface area contributed by atoms with Crippen LogP contribution in [0.1, 0.15) is 45.5 Å². The van der Waals surface area contributed by atoms with Crippen molar-refractivity contribution < 1.29 is 0 Å². The van der Waals surface area contributed by atoms with Crippen molar-refractivity contribution in [1.29, 1.82) is 0 Å². The zero-order chi connectivity index (χ0) is 17.9. The highest BCUT2D eigenvalue weighted by Gasteiger charge is 2.06. The number of hydrogen-bond donors (Lipinski definition) is 2. The fraction of sp³-hybridized carbons (Fsp3) is 0.778. The molecule has 0 unspecified atom stereocenters. The lowest BCUT2D eigenvalue weighted by Crippen LogP contribution is -2.43. The number of aliphatic imine (C=N–C) groups is 1. The van der Waals surface area contributed by atoms with Crippen molar-refractivity contribution in [2.45, 2.75) is 60.5 Å². The molecular weight excluding hydrogens is 427 g/mol. The van der Waals surface area contributed by atoms with Crippen molar-refractivity contribution in [3.8, 4) is 0 Å². The van der Waals surface area contributed by atoms with Gasteiger partial charge in [0.2, 0.25) is 0 Å². The zero-order valence-corrected chi connectivity index (χ0v) is 19.1. The molecule has 0 fully saturated rings. The minimum absolute atomic E-state index is 0. The van der Waals surface area contributed by atoms with E-state index in [1.807, 2.05) is 6.92 Å². The molecule has 1 rings (SSSR count). The Morgan fingerprint density at radius 1 is 1.28 bits per heavy atom. The summed E-state index contributed by atoms with van der Waals surface area (Å²) in [4.78, 5) is 7.11. The van der Waals surface area contributed by atoms with Gasteiger partial charge in [-0.05, 0) is 53.7 Å². The van der Waals surface area contributed by atoms with Crippen LogP contribution < -0.4 is 10.6 Å². The molecule has 25 heavy (non-hydrogen) atoms. The van der Waals surface area contributed by atoms with Crippen molar-refractivity contribution in [1.82, 2.24) is 25.3 Å². The van der Waals surface area contributed by atoms with Crippen LogP contribution in [0, 0.1) is 13.8 Å². The number of aromatic nitrogens is 2. The van der Waals surface area contributed by atoms with Crippen molar-refractivity contribution in [3.63, 3.8) is 0 Å². The van der Waals surface area contributed by atoms with Crippen LogP contribution in [0.5, 0.6) is 0 Å². The molecule has 2 N–H and O–H groups in total. The molecule has 0 radical (unpaired) electrons. The molecule has 1 aromatic heterocycles. The highest BCUT2D eigenvalue weighted by molar-refractivity contribution is 14.0. The standard InChI is InChI=1S/C18H36N6.HI/c1-7-19-18(21-11-13-23(8-2)15(3)4)20-10-9-12-24-17(6)14-16(5)22-24;/h14-15H,7-13H2,1-6H3,(H2,19,20,21);1H. The maximum absolute atomic E-state index is 4.67. The second-order valence-electron chi connectivity index (χ2n) is 6.41. The van der Waals surface area contributed by atoms with Gasteiger partial charge >= 0.3 is 0 Å².